The lowest BCUT2D eigenvalue weighted by Crippen LogP contribution is -2.44. The first-order valence-corrected chi connectivity index (χ1v) is 10.4. The number of rotatable bonds is 5. The largest absolute Gasteiger partial charge is 0.331 e. The monoisotopic (exact) mass is 414 g/mol. The summed E-state index contributed by atoms with van der Waals surface area (Å²) in [6.07, 6.45) is 0. The van der Waals surface area contributed by atoms with Gasteiger partial charge >= 0.3 is 0 Å². The smallest absolute Gasteiger partial charge is 0.248 e. The van der Waals surface area contributed by atoms with Crippen LogP contribution in [0.15, 0.2) is 64.3 Å². The van der Waals surface area contributed by atoms with Crippen molar-refractivity contribution in [2.24, 2.45) is 0 Å². The summed E-state index contributed by atoms with van der Waals surface area (Å²) in [4.78, 5) is 16.6. The summed E-state index contributed by atoms with van der Waals surface area (Å²) >= 11 is 8.07. The van der Waals surface area contributed by atoms with E-state index in [9.17, 15) is 4.79 Å². The Kier molecular flexibility index (Phi) is 6.80. The maximum atomic E-state index is 12.0. The van der Waals surface area contributed by atoms with Crippen LogP contribution >= 0.6 is 35.3 Å². The van der Waals surface area contributed by atoms with Crippen LogP contribution in [0.5, 0.6) is 0 Å². The molecular formula is C19H18N4OS3. The van der Waals surface area contributed by atoms with Crippen molar-refractivity contribution in [2.75, 3.05) is 11.1 Å². The van der Waals surface area contributed by atoms with Gasteiger partial charge in [-0.3, -0.25) is 15.6 Å². The van der Waals surface area contributed by atoms with E-state index in [4.69, 9.17) is 12.2 Å². The highest BCUT2D eigenvalue weighted by atomic mass is 32.2. The second-order valence-electron chi connectivity index (χ2n) is 5.65. The number of thiazole rings is 1. The van der Waals surface area contributed by atoms with E-state index >= 15 is 0 Å². The maximum Gasteiger partial charge on any atom is 0.248 e. The molecule has 2 aromatic carbocycles. The molecule has 0 bridgehead atoms. The summed E-state index contributed by atoms with van der Waals surface area (Å²) in [5.74, 6) is 0.0752. The molecule has 1 heterocycles. The molecule has 3 rings (SSSR count). The maximum absolute atomic E-state index is 12.0. The molecular weight excluding hydrogens is 396 g/mol. The molecule has 0 aliphatic carbocycles. The quantitative estimate of drug-likeness (QED) is 0.330. The number of nitrogens with one attached hydrogen (secondary N) is 3. The summed E-state index contributed by atoms with van der Waals surface area (Å²) in [5.41, 5.74) is 9.34. The van der Waals surface area contributed by atoms with Crippen molar-refractivity contribution in [2.45, 2.75) is 11.3 Å². The van der Waals surface area contributed by atoms with Crippen molar-refractivity contribution in [1.82, 2.24) is 15.8 Å². The van der Waals surface area contributed by atoms with Crippen molar-refractivity contribution in [3.05, 3.63) is 65.5 Å². The van der Waals surface area contributed by atoms with Crippen molar-refractivity contribution in [3.63, 3.8) is 0 Å². The summed E-state index contributed by atoms with van der Waals surface area (Å²) in [7, 11) is 0. The Labute approximate surface area is 171 Å². The Morgan fingerprint density at radius 1 is 1.11 bits per heavy atom. The van der Waals surface area contributed by atoms with Gasteiger partial charge in [0.05, 0.1) is 11.4 Å². The van der Waals surface area contributed by atoms with Gasteiger partial charge in [0, 0.05) is 16.6 Å². The van der Waals surface area contributed by atoms with Gasteiger partial charge < -0.3 is 5.32 Å². The number of hydrogen-bond acceptors (Lipinski definition) is 5. The van der Waals surface area contributed by atoms with Crippen LogP contribution in [0, 0.1) is 6.92 Å². The lowest BCUT2D eigenvalue weighted by Gasteiger charge is -2.11. The minimum absolute atomic E-state index is 0.177. The van der Waals surface area contributed by atoms with Gasteiger partial charge in [0.15, 0.2) is 9.45 Å². The van der Waals surface area contributed by atoms with Crippen molar-refractivity contribution >= 4 is 52.0 Å². The second-order valence-corrected chi connectivity index (χ2v) is 8.14. The predicted octanol–water partition coefficient (Wildman–Crippen LogP) is 4.23. The first-order chi connectivity index (χ1) is 13.1. The van der Waals surface area contributed by atoms with Crippen molar-refractivity contribution in [1.29, 1.82) is 0 Å². The van der Waals surface area contributed by atoms with E-state index in [1.165, 1.54) is 28.7 Å². The van der Waals surface area contributed by atoms with E-state index in [-0.39, 0.29) is 11.7 Å². The molecule has 1 amide bonds. The van der Waals surface area contributed by atoms with Crippen LogP contribution in [-0.2, 0) is 4.79 Å². The summed E-state index contributed by atoms with van der Waals surface area (Å²) in [6.45, 7) is 2.06. The first kappa shape index (κ1) is 19.3. The minimum Gasteiger partial charge on any atom is -0.331 e. The van der Waals surface area contributed by atoms with E-state index in [1.807, 2.05) is 35.7 Å². The number of hydrogen-bond donors (Lipinski definition) is 3. The van der Waals surface area contributed by atoms with Crippen LogP contribution in [0.2, 0.25) is 0 Å². The molecule has 3 aromatic rings. The minimum atomic E-state index is -0.177. The Balaban J connectivity index is 1.43. The normalized spacial score (nSPS) is 10.3. The molecule has 1 aromatic heterocycles. The van der Waals surface area contributed by atoms with Crippen LogP contribution in [0.25, 0.3) is 11.3 Å². The lowest BCUT2D eigenvalue weighted by atomic mass is 10.1. The highest BCUT2D eigenvalue weighted by molar-refractivity contribution is 8.01. The van der Waals surface area contributed by atoms with Gasteiger partial charge in [-0.2, -0.15) is 0 Å². The molecule has 0 radical (unpaired) electrons. The molecule has 0 fully saturated rings. The topological polar surface area (TPSA) is 66.1 Å². The molecule has 0 atom stereocenters. The molecule has 0 spiro atoms. The predicted molar refractivity (Wildman–Crippen MR) is 117 cm³/mol. The third-order valence-corrected chi connectivity index (χ3v) is 5.73. The fourth-order valence-corrected chi connectivity index (χ4v) is 3.96. The molecule has 138 valence electrons. The number of carbonyl (C=O) groups is 1. The molecule has 8 heteroatoms. The number of carbonyl (C=O) groups excluding carboxylic acids is 1. The number of hydrazine groups is 1. The van der Waals surface area contributed by atoms with Gasteiger partial charge in [-0.25, -0.2) is 4.98 Å². The Morgan fingerprint density at radius 3 is 2.59 bits per heavy atom. The van der Waals surface area contributed by atoms with Gasteiger partial charge in [0.25, 0.3) is 0 Å². The molecule has 3 N–H and O–H groups in total. The van der Waals surface area contributed by atoms with Gasteiger partial charge in [0.1, 0.15) is 0 Å². The Bertz CT molecular complexity index is 910. The number of anilines is 1. The molecule has 5 nitrogen and oxygen atoms in total. The number of aromatic nitrogens is 1. The number of amides is 1. The number of benzene rings is 2. The van der Waals surface area contributed by atoms with Crippen LogP contribution < -0.4 is 16.2 Å². The molecule has 0 saturated heterocycles. The molecule has 0 aliphatic rings. The average Bonchev–Trinajstić information content (AvgIpc) is 3.15. The standard InChI is InChI=1S/C19H18N4OS3/c1-13-7-9-14(10-8-13)16-11-26-19(21-16)27-12-17(24)22-23-18(25)20-15-5-3-2-4-6-15/h2-11H,12H2,1H3,(H,22,24)(H2,20,23,25). The average molecular weight is 415 g/mol. The highest BCUT2D eigenvalue weighted by Gasteiger charge is 2.08. The van der Waals surface area contributed by atoms with Gasteiger partial charge in [-0.1, -0.05) is 59.8 Å². The van der Waals surface area contributed by atoms with Crippen molar-refractivity contribution < 1.29 is 4.79 Å². The molecule has 0 saturated carbocycles. The highest BCUT2D eigenvalue weighted by Crippen LogP contribution is 2.28. The zero-order valence-corrected chi connectivity index (χ0v) is 17.0. The van der Waals surface area contributed by atoms with Gasteiger partial charge in [-0.15, -0.1) is 11.3 Å². The summed E-state index contributed by atoms with van der Waals surface area (Å²) in [6, 6.07) is 17.7. The van der Waals surface area contributed by atoms with E-state index in [0.717, 1.165) is 21.3 Å². The third-order valence-electron chi connectivity index (χ3n) is 3.50. The van der Waals surface area contributed by atoms with Crippen molar-refractivity contribution in [3.8, 4) is 11.3 Å². The van der Waals surface area contributed by atoms with E-state index in [2.05, 4.69) is 52.3 Å². The lowest BCUT2D eigenvalue weighted by molar-refractivity contribution is -0.119. The number of para-hydroxylation sites is 1. The number of nitrogens with zero attached hydrogens (tertiary/aromatic N) is 1. The molecule has 27 heavy (non-hydrogen) atoms. The fraction of sp³-hybridized carbons (Fsp3) is 0.105. The first-order valence-electron chi connectivity index (χ1n) is 8.16. The fourth-order valence-electron chi connectivity index (χ4n) is 2.15. The van der Waals surface area contributed by atoms with E-state index < -0.39 is 0 Å². The third kappa shape index (κ3) is 6.06. The zero-order valence-electron chi connectivity index (χ0n) is 14.6. The number of aryl methyl sites for hydroxylation is 1. The number of thioether (sulfide) groups is 1. The summed E-state index contributed by atoms with van der Waals surface area (Å²) < 4.78 is 0.853. The molecule has 0 aliphatic heterocycles. The summed E-state index contributed by atoms with van der Waals surface area (Å²) in [5, 5.41) is 5.32. The zero-order chi connectivity index (χ0) is 19.1. The Morgan fingerprint density at radius 2 is 1.85 bits per heavy atom. The van der Waals surface area contributed by atoms with Gasteiger partial charge in [-0.05, 0) is 31.3 Å². The van der Waals surface area contributed by atoms with E-state index in [1.54, 1.807) is 0 Å². The second kappa shape index (κ2) is 9.50. The van der Waals surface area contributed by atoms with Crippen LogP contribution in [0.4, 0.5) is 5.69 Å². The molecule has 0 unspecified atom stereocenters. The van der Waals surface area contributed by atoms with E-state index in [0.29, 0.717) is 5.11 Å². The van der Waals surface area contributed by atoms with Gasteiger partial charge in [0.2, 0.25) is 5.91 Å². The van der Waals surface area contributed by atoms with Crippen LogP contribution in [-0.4, -0.2) is 21.8 Å². The number of thiocarbonyl (C=S) groups is 1. The van der Waals surface area contributed by atoms with Crippen LogP contribution in [0.1, 0.15) is 5.56 Å². The van der Waals surface area contributed by atoms with Crippen LogP contribution in [0.3, 0.4) is 0 Å². The Hall–Kier alpha value is -2.42. The SMILES string of the molecule is Cc1ccc(-c2csc(SCC(=O)NNC(=S)Nc3ccccc3)n2)cc1.